The van der Waals surface area contributed by atoms with Crippen molar-refractivity contribution in [2.45, 2.75) is 6.18 Å². The van der Waals surface area contributed by atoms with E-state index in [1.54, 1.807) is 0 Å². The zero-order chi connectivity index (χ0) is 18.6. The van der Waals surface area contributed by atoms with E-state index in [1.807, 2.05) is 0 Å². The molecule has 1 amide bonds. The summed E-state index contributed by atoms with van der Waals surface area (Å²) in [5, 5.41) is 11.6. The van der Waals surface area contributed by atoms with Crippen LogP contribution in [0.4, 0.5) is 18.9 Å². The van der Waals surface area contributed by atoms with Crippen molar-refractivity contribution in [3.8, 4) is 0 Å². The van der Waals surface area contributed by atoms with E-state index in [9.17, 15) is 22.8 Å². The number of benzene rings is 2. The summed E-state index contributed by atoms with van der Waals surface area (Å²) in [6.07, 6.45) is -2.29. The quantitative estimate of drug-likeness (QED) is 0.767. The molecule has 0 aromatic heterocycles. The van der Waals surface area contributed by atoms with Crippen molar-refractivity contribution in [3.63, 3.8) is 0 Å². The van der Waals surface area contributed by atoms with Crippen LogP contribution in [0.3, 0.4) is 0 Å². The van der Waals surface area contributed by atoms with Crippen LogP contribution in [0.1, 0.15) is 21.5 Å². The van der Waals surface area contributed by atoms with Gasteiger partial charge in [-0.25, -0.2) is 4.79 Å². The van der Waals surface area contributed by atoms with E-state index < -0.39 is 23.6 Å². The van der Waals surface area contributed by atoms with E-state index in [0.29, 0.717) is 0 Å². The first-order valence-corrected chi connectivity index (χ1v) is 7.24. The predicted molar refractivity (Wildman–Crippen MR) is 87.5 cm³/mol. The van der Waals surface area contributed by atoms with Gasteiger partial charge >= 0.3 is 12.1 Å². The lowest BCUT2D eigenvalue weighted by Crippen LogP contribution is -2.12. The van der Waals surface area contributed by atoms with Crippen molar-refractivity contribution in [1.82, 2.24) is 0 Å². The van der Waals surface area contributed by atoms with Crippen molar-refractivity contribution in [2.24, 2.45) is 0 Å². The number of carboxylic acid groups (broad SMARTS) is 1. The molecule has 0 fully saturated rings. The SMILES string of the molecule is O=C(C=Cc1cccc(C(F)(F)F)c1)Nc1cc(Cl)ccc1C(=O)O. The molecule has 130 valence electrons. The Morgan fingerprint density at radius 2 is 1.84 bits per heavy atom. The first-order valence-electron chi connectivity index (χ1n) is 6.86. The fourth-order valence-corrected chi connectivity index (χ4v) is 2.14. The first-order chi connectivity index (χ1) is 11.7. The Morgan fingerprint density at radius 3 is 2.48 bits per heavy atom. The van der Waals surface area contributed by atoms with Crippen LogP contribution in [0.5, 0.6) is 0 Å². The number of carbonyl (C=O) groups is 2. The largest absolute Gasteiger partial charge is 0.478 e. The molecule has 0 saturated heterocycles. The normalized spacial score (nSPS) is 11.5. The summed E-state index contributed by atoms with van der Waals surface area (Å²) < 4.78 is 37.9. The third-order valence-electron chi connectivity index (χ3n) is 3.11. The number of carboxylic acids is 1. The molecule has 0 unspecified atom stereocenters. The molecule has 0 radical (unpaired) electrons. The number of anilines is 1. The maximum absolute atomic E-state index is 12.6. The second kappa shape index (κ2) is 7.40. The molecular formula is C17H11ClF3NO3. The Morgan fingerprint density at radius 1 is 1.12 bits per heavy atom. The first kappa shape index (κ1) is 18.5. The topological polar surface area (TPSA) is 66.4 Å². The van der Waals surface area contributed by atoms with Gasteiger partial charge in [-0.2, -0.15) is 13.2 Å². The fourth-order valence-electron chi connectivity index (χ4n) is 1.97. The second-order valence-electron chi connectivity index (χ2n) is 4.94. The molecule has 0 aliphatic rings. The van der Waals surface area contributed by atoms with E-state index in [0.717, 1.165) is 18.2 Å². The maximum Gasteiger partial charge on any atom is 0.416 e. The van der Waals surface area contributed by atoms with Crippen molar-refractivity contribution in [1.29, 1.82) is 0 Å². The zero-order valence-electron chi connectivity index (χ0n) is 12.5. The minimum absolute atomic E-state index is 0.0151. The molecule has 0 atom stereocenters. The highest BCUT2D eigenvalue weighted by Crippen LogP contribution is 2.29. The van der Waals surface area contributed by atoms with E-state index in [4.69, 9.17) is 16.7 Å². The number of rotatable bonds is 4. The van der Waals surface area contributed by atoms with E-state index in [1.165, 1.54) is 36.4 Å². The molecule has 0 saturated carbocycles. The second-order valence-corrected chi connectivity index (χ2v) is 5.38. The summed E-state index contributed by atoms with van der Waals surface area (Å²) in [4.78, 5) is 23.0. The Labute approximate surface area is 145 Å². The molecule has 0 aliphatic carbocycles. The molecule has 2 N–H and O–H groups in total. The molecule has 0 heterocycles. The van der Waals surface area contributed by atoms with Crippen LogP contribution >= 0.6 is 11.6 Å². The maximum atomic E-state index is 12.6. The summed E-state index contributed by atoms with van der Waals surface area (Å²) >= 11 is 5.77. The van der Waals surface area contributed by atoms with Gasteiger partial charge in [0.1, 0.15) is 0 Å². The molecule has 0 aliphatic heterocycles. The van der Waals surface area contributed by atoms with Gasteiger partial charge in [0, 0.05) is 11.1 Å². The van der Waals surface area contributed by atoms with Gasteiger partial charge in [0.05, 0.1) is 16.8 Å². The smallest absolute Gasteiger partial charge is 0.416 e. The average molecular weight is 370 g/mol. The van der Waals surface area contributed by atoms with Gasteiger partial charge in [0.2, 0.25) is 5.91 Å². The van der Waals surface area contributed by atoms with Gasteiger partial charge in [0.25, 0.3) is 0 Å². The van der Waals surface area contributed by atoms with Crippen LogP contribution in [-0.2, 0) is 11.0 Å². The number of hydrogen-bond acceptors (Lipinski definition) is 2. The van der Waals surface area contributed by atoms with Crippen LogP contribution in [0.15, 0.2) is 48.5 Å². The van der Waals surface area contributed by atoms with Gasteiger partial charge in [0.15, 0.2) is 0 Å². The van der Waals surface area contributed by atoms with E-state index in [2.05, 4.69) is 5.32 Å². The highest BCUT2D eigenvalue weighted by Gasteiger charge is 2.30. The van der Waals surface area contributed by atoms with E-state index in [-0.39, 0.29) is 21.8 Å². The predicted octanol–water partition coefficient (Wildman–Crippen LogP) is 4.71. The van der Waals surface area contributed by atoms with Gasteiger partial charge in [-0.1, -0.05) is 23.7 Å². The number of hydrogen-bond donors (Lipinski definition) is 2. The van der Waals surface area contributed by atoms with Crippen molar-refractivity contribution in [3.05, 3.63) is 70.3 Å². The van der Waals surface area contributed by atoms with Gasteiger partial charge in [-0.05, 0) is 42.0 Å². The van der Waals surface area contributed by atoms with Crippen LogP contribution in [-0.4, -0.2) is 17.0 Å². The van der Waals surface area contributed by atoms with E-state index >= 15 is 0 Å². The lowest BCUT2D eigenvalue weighted by molar-refractivity contribution is -0.137. The van der Waals surface area contributed by atoms with Gasteiger partial charge in [-0.15, -0.1) is 0 Å². The van der Waals surface area contributed by atoms with Crippen LogP contribution in [0, 0.1) is 0 Å². The molecule has 2 rings (SSSR count). The monoisotopic (exact) mass is 369 g/mol. The Bertz CT molecular complexity index is 847. The summed E-state index contributed by atoms with van der Waals surface area (Å²) in [6, 6.07) is 8.30. The van der Waals surface area contributed by atoms with Crippen molar-refractivity contribution < 1.29 is 27.9 Å². The molecule has 0 bridgehead atoms. The van der Waals surface area contributed by atoms with Gasteiger partial charge < -0.3 is 10.4 Å². The zero-order valence-corrected chi connectivity index (χ0v) is 13.2. The third kappa shape index (κ3) is 5.09. The number of alkyl halides is 3. The molecule has 2 aromatic rings. The van der Waals surface area contributed by atoms with Gasteiger partial charge in [-0.3, -0.25) is 4.79 Å². The highest BCUT2D eigenvalue weighted by atomic mass is 35.5. The standard InChI is InChI=1S/C17H11ClF3NO3/c18-12-5-6-13(16(24)25)14(9-12)22-15(23)7-4-10-2-1-3-11(8-10)17(19,20)21/h1-9H,(H,22,23)(H,24,25). The number of nitrogens with one attached hydrogen (secondary N) is 1. The molecule has 2 aromatic carbocycles. The van der Waals surface area contributed by atoms with Crippen LogP contribution < -0.4 is 5.32 Å². The third-order valence-corrected chi connectivity index (χ3v) is 3.35. The molecule has 25 heavy (non-hydrogen) atoms. The van der Waals surface area contributed by atoms with Crippen LogP contribution in [0.25, 0.3) is 6.08 Å². The Balaban J connectivity index is 2.17. The highest BCUT2D eigenvalue weighted by molar-refractivity contribution is 6.31. The van der Waals surface area contributed by atoms with Crippen molar-refractivity contribution >= 4 is 35.2 Å². The summed E-state index contributed by atoms with van der Waals surface area (Å²) in [5.74, 6) is -1.96. The number of amides is 1. The fraction of sp³-hybridized carbons (Fsp3) is 0.0588. The Kier molecular flexibility index (Phi) is 5.48. The molecule has 4 nitrogen and oxygen atoms in total. The Hall–Kier alpha value is -2.80. The van der Waals surface area contributed by atoms with Crippen LogP contribution in [0.2, 0.25) is 5.02 Å². The molecular weight excluding hydrogens is 359 g/mol. The number of aromatic carboxylic acids is 1. The molecule has 8 heteroatoms. The van der Waals surface area contributed by atoms with Crippen molar-refractivity contribution in [2.75, 3.05) is 5.32 Å². The minimum atomic E-state index is -4.48. The lowest BCUT2D eigenvalue weighted by Gasteiger charge is -2.08. The molecule has 0 spiro atoms. The summed E-state index contributed by atoms with van der Waals surface area (Å²) in [7, 11) is 0. The summed E-state index contributed by atoms with van der Waals surface area (Å²) in [5.41, 5.74) is -0.837. The lowest BCUT2D eigenvalue weighted by atomic mass is 10.1. The average Bonchev–Trinajstić information content (AvgIpc) is 2.52. The number of halogens is 4. The summed E-state index contributed by atoms with van der Waals surface area (Å²) in [6.45, 7) is 0. The minimum Gasteiger partial charge on any atom is -0.478 e. The number of carbonyl (C=O) groups excluding carboxylic acids is 1.